The van der Waals surface area contributed by atoms with Crippen LogP contribution < -0.4 is 0 Å². The van der Waals surface area contributed by atoms with E-state index in [1.807, 2.05) is 12.4 Å². The van der Waals surface area contributed by atoms with Crippen LogP contribution in [0.5, 0.6) is 0 Å². The molecule has 92 valence electrons. The Morgan fingerprint density at radius 3 is 2.83 bits per heavy atom. The molecular formula is C14H15N3O. The summed E-state index contributed by atoms with van der Waals surface area (Å²) >= 11 is 0. The van der Waals surface area contributed by atoms with E-state index in [1.54, 1.807) is 6.08 Å². The monoisotopic (exact) mass is 241 g/mol. The Kier molecular flexibility index (Phi) is 2.35. The van der Waals surface area contributed by atoms with Gasteiger partial charge in [0.1, 0.15) is 0 Å². The highest BCUT2D eigenvalue weighted by molar-refractivity contribution is 5.77. The van der Waals surface area contributed by atoms with Crippen molar-refractivity contribution in [1.82, 2.24) is 9.55 Å². The van der Waals surface area contributed by atoms with E-state index in [2.05, 4.69) is 40.5 Å². The van der Waals surface area contributed by atoms with E-state index in [0.29, 0.717) is 6.04 Å². The lowest BCUT2D eigenvalue weighted by molar-refractivity contribution is 0.556. The molecule has 0 aliphatic heterocycles. The first-order valence-electron chi connectivity index (χ1n) is 6.22. The largest absolute Gasteiger partial charge is 0.328 e. The van der Waals surface area contributed by atoms with Gasteiger partial charge in [-0.3, -0.25) is 0 Å². The van der Waals surface area contributed by atoms with E-state index in [0.717, 1.165) is 29.4 Å². The topological polar surface area (TPSA) is 47.2 Å². The smallest absolute Gasteiger partial charge is 0.235 e. The summed E-state index contributed by atoms with van der Waals surface area (Å²) in [5, 5.41) is 0. The zero-order valence-electron chi connectivity index (χ0n) is 10.6. The van der Waals surface area contributed by atoms with Crippen molar-refractivity contribution in [2.24, 2.45) is 4.99 Å². The average Bonchev–Trinajstić information content (AvgIpc) is 3.01. The second-order valence-corrected chi connectivity index (χ2v) is 5.18. The molecule has 0 unspecified atom stereocenters. The summed E-state index contributed by atoms with van der Waals surface area (Å²) in [6.07, 6.45) is 5.41. The van der Waals surface area contributed by atoms with Crippen LogP contribution in [0.1, 0.15) is 38.3 Å². The van der Waals surface area contributed by atoms with Crippen LogP contribution in [0.15, 0.2) is 29.5 Å². The van der Waals surface area contributed by atoms with Crippen molar-refractivity contribution in [3.05, 3.63) is 30.1 Å². The van der Waals surface area contributed by atoms with Crippen LogP contribution in [0, 0.1) is 0 Å². The van der Waals surface area contributed by atoms with E-state index in [4.69, 9.17) is 0 Å². The molecule has 1 aromatic carbocycles. The molecule has 1 aliphatic carbocycles. The molecule has 0 atom stereocenters. The minimum absolute atomic E-state index is 0.308. The van der Waals surface area contributed by atoms with Gasteiger partial charge < -0.3 is 4.57 Å². The quantitative estimate of drug-likeness (QED) is 0.612. The van der Waals surface area contributed by atoms with Crippen molar-refractivity contribution in [3.63, 3.8) is 0 Å². The third-order valence-corrected chi connectivity index (χ3v) is 3.65. The minimum atomic E-state index is -0.308. The number of fused-ring (bicyclic) bond motifs is 1. The van der Waals surface area contributed by atoms with Gasteiger partial charge in [0.05, 0.1) is 22.9 Å². The Hall–Kier alpha value is -1.93. The summed E-state index contributed by atoms with van der Waals surface area (Å²) in [4.78, 5) is 18.9. The lowest BCUT2D eigenvalue weighted by Gasteiger charge is -2.10. The van der Waals surface area contributed by atoms with Gasteiger partial charge in [-0.25, -0.2) is 9.78 Å². The van der Waals surface area contributed by atoms with E-state index in [-0.39, 0.29) is 5.54 Å². The van der Waals surface area contributed by atoms with Gasteiger partial charge >= 0.3 is 0 Å². The summed E-state index contributed by atoms with van der Waals surface area (Å²) in [5.41, 5.74) is 2.86. The maximum Gasteiger partial charge on any atom is 0.235 e. The van der Waals surface area contributed by atoms with Crippen LogP contribution in [-0.4, -0.2) is 15.6 Å². The molecule has 18 heavy (non-hydrogen) atoms. The number of hydrogen-bond donors (Lipinski definition) is 0. The summed E-state index contributed by atoms with van der Waals surface area (Å²) in [6, 6.07) is 6.56. The van der Waals surface area contributed by atoms with Gasteiger partial charge in [0.2, 0.25) is 6.08 Å². The third kappa shape index (κ3) is 1.57. The predicted molar refractivity (Wildman–Crippen MR) is 69.2 cm³/mol. The molecule has 1 fully saturated rings. The first-order valence-corrected chi connectivity index (χ1v) is 6.22. The van der Waals surface area contributed by atoms with Gasteiger partial charge in [-0.15, -0.1) is 0 Å². The number of hydrogen-bond acceptors (Lipinski definition) is 3. The molecule has 3 rings (SSSR count). The minimum Gasteiger partial charge on any atom is -0.328 e. The fourth-order valence-electron chi connectivity index (χ4n) is 2.40. The van der Waals surface area contributed by atoms with Crippen molar-refractivity contribution in [2.45, 2.75) is 38.3 Å². The van der Waals surface area contributed by atoms with Crippen LogP contribution in [0.4, 0.5) is 0 Å². The molecule has 0 radical (unpaired) electrons. The Bertz CT molecular complexity index is 646. The van der Waals surface area contributed by atoms with Crippen molar-refractivity contribution in [3.8, 4) is 0 Å². The zero-order chi connectivity index (χ0) is 12.8. The Morgan fingerprint density at radius 2 is 2.22 bits per heavy atom. The standard InChI is InChI=1S/C14H15N3O/c1-10(2)17-8-15-12-7-11(3-4-13(12)17)14(5-6-14)16-9-18/h3-4,7-8,10H,5-6H2,1-2H3. The average molecular weight is 241 g/mol. The van der Waals surface area contributed by atoms with Gasteiger partial charge in [0.15, 0.2) is 0 Å². The Labute approximate surface area is 105 Å². The summed E-state index contributed by atoms with van der Waals surface area (Å²) in [5.74, 6) is 0. The lowest BCUT2D eigenvalue weighted by atomic mass is 10.0. The maximum atomic E-state index is 10.5. The number of isocyanates is 1. The SMILES string of the molecule is CC(C)n1cnc2cc(C3(N=C=O)CC3)ccc21. The van der Waals surface area contributed by atoms with Crippen LogP contribution in [0.3, 0.4) is 0 Å². The molecule has 1 saturated carbocycles. The highest BCUT2D eigenvalue weighted by Crippen LogP contribution is 2.49. The molecule has 0 spiro atoms. The molecule has 1 aromatic heterocycles. The fraction of sp³-hybridized carbons (Fsp3) is 0.429. The summed E-state index contributed by atoms with van der Waals surface area (Å²) in [7, 11) is 0. The molecule has 0 bridgehead atoms. The first kappa shape index (κ1) is 11.2. The fourth-order valence-corrected chi connectivity index (χ4v) is 2.40. The second-order valence-electron chi connectivity index (χ2n) is 5.18. The second kappa shape index (κ2) is 3.79. The molecule has 1 aliphatic rings. The highest BCUT2D eigenvalue weighted by Gasteiger charge is 2.44. The normalized spacial score (nSPS) is 16.8. The van der Waals surface area contributed by atoms with E-state index in [9.17, 15) is 4.79 Å². The van der Waals surface area contributed by atoms with Gasteiger partial charge in [0, 0.05) is 6.04 Å². The van der Waals surface area contributed by atoms with E-state index >= 15 is 0 Å². The number of nitrogens with zero attached hydrogens (tertiary/aromatic N) is 3. The van der Waals surface area contributed by atoms with Crippen molar-refractivity contribution < 1.29 is 4.79 Å². The first-order chi connectivity index (χ1) is 8.66. The van der Waals surface area contributed by atoms with Crippen LogP contribution in [0.25, 0.3) is 11.0 Å². The summed E-state index contributed by atoms with van der Waals surface area (Å²) < 4.78 is 2.14. The van der Waals surface area contributed by atoms with Crippen LogP contribution in [0.2, 0.25) is 0 Å². The van der Waals surface area contributed by atoms with Gasteiger partial charge in [-0.2, -0.15) is 4.99 Å². The molecule has 1 heterocycles. The van der Waals surface area contributed by atoms with Crippen LogP contribution >= 0.6 is 0 Å². The number of rotatable bonds is 3. The Balaban J connectivity index is 2.10. The van der Waals surface area contributed by atoms with Gasteiger partial charge in [-0.1, -0.05) is 6.07 Å². The molecule has 4 heteroatoms. The molecule has 4 nitrogen and oxygen atoms in total. The third-order valence-electron chi connectivity index (χ3n) is 3.65. The Morgan fingerprint density at radius 1 is 1.44 bits per heavy atom. The number of benzene rings is 1. The van der Waals surface area contributed by atoms with Crippen LogP contribution in [-0.2, 0) is 10.3 Å². The molecule has 2 aromatic rings. The van der Waals surface area contributed by atoms with E-state index in [1.165, 1.54) is 0 Å². The molecule has 0 amide bonds. The molecule has 0 N–H and O–H groups in total. The molecular weight excluding hydrogens is 226 g/mol. The molecule has 0 saturated heterocycles. The number of imidazole rings is 1. The zero-order valence-corrected chi connectivity index (χ0v) is 10.6. The predicted octanol–water partition coefficient (Wildman–Crippen LogP) is 2.94. The van der Waals surface area contributed by atoms with Gasteiger partial charge in [0.25, 0.3) is 0 Å². The number of aromatic nitrogens is 2. The number of aliphatic imine (C=N–C) groups is 1. The maximum absolute atomic E-state index is 10.5. The van der Waals surface area contributed by atoms with E-state index < -0.39 is 0 Å². The van der Waals surface area contributed by atoms with Crippen molar-refractivity contribution in [1.29, 1.82) is 0 Å². The number of carbonyl (C=O) groups excluding carboxylic acids is 1. The summed E-state index contributed by atoms with van der Waals surface area (Å²) in [6.45, 7) is 4.27. The van der Waals surface area contributed by atoms with Crippen molar-refractivity contribution in [2.75, 3.05) is 0 Å². The lowest BCUT2D eigenvalue weighted by Crippen LogP contribution is -2.02. The van der Waals surface area contributed by atoms with Crippen molar-refractivity contribution >= 4 is 17.1 Å². The highest BCUT2D eigenvalue weighted by atomic mass is 16.1. The van der Waals surface area contributed by atoms with Gasteiger partial charge in [-0.05, 0) is 44.4 Å².